The number of alkyl halides is 1. The van der Waals surface area contributed by atoms with Crippen LogP contribution in [0.2, 0.25) is 0 Å². The van der Waals surface area contributed by atoms with Gasteiger partial charge < -0.3 is 5.11 Å². The minimum absolute atomic E-state index is 0.172. The molecule has 23 heavy (non-hydrogen) atoms. The monoisotopic (exact) mass is 320 g/mol. The Morgan fingerprint density at radius 3 is 2.65 bits per heavy atom. The van der Waals surface area contributed by atoms with Gasteiger partial charge >= 0.3 is 0 Å². The van der Waals surface area contributed by atoms with Crippen LogP contribution in [-0.4, -0.2) is 17.4 Å². The van der Waals surface area contributed by atoms with Crippen molar-refractivity contribution < 1.29 is 9.50 Å². The lowest BCUT2D eigenvalue weighted by Crippen LogP contribution is -2.51. The molecule has 3 unspecified atom stereocenters. The molecule has 0 aromatic heterocycles. The molecule has 4 rings (SSSR count). The van der Waals surface area contributed by atoms with Gasteiger partial charge in [-0.15, -0.1) is 0 Å². The van der Waals surface area contributed by atoms with E-state index in [0.29, 0.717) is 17.8 Å². The van der Waals surface area contributed by atoms with Crippen LogP contribution in [0.5, 0.6) is 0 Å². The molecule has 3 fully saturated rings. The van der Waals surface area contributed by atoms with Crippen LogP contribution in [0.3, 0.4) is 0 Å². The second-order valence-electron chi connectivity index (χ2n) is 9.57. The van der Waals surface area contributed by atoms with Gasteiger partial charge in [0.15, 0.2) is 0 Å². The van der Waals surface area contributed by atoms with Gasteiger partial charge in [0.2, 0.25) is 0 Å². The molecule has 0 aromatic rings. The lowest BCUT2D eigenvalue weighted by molar-refractivity contribution is -0.0648. The van der Waals surface area contributed by atoms with Gasteiger partial charge in [-0.1, -0.05) is 25.5 Å². The number of hydrogen-bond acceptors (Lipinski definition) is 1. The van der Waals surface area contributed by atoms with Crippen molar-refractivity contribution in [2.24, 2.45) is 34.5 Å². The highest BCUT2D eigenvalue weighted by molar-refractivity contribution is 5.25. The van der Waals surface area contributed by atoms with Crippen LogP contribution in [0.25, 0.3) is 0 Å². The van der Waals surface area contributed by atoms with E-state index in [-0.39, 0.29) is 11.5 Å². The van der Waals surface area contributed by atoms with Gasteiger partial charge in [-0.25, -0.2) is 4.39 Å². The fourth-order valence-electron chi connectivity index (χ4n) is 7.45. The summed E-state index contributed by atoms with van der Waals surface area (Å²) < 4.78 is 13.9. The Morgan fingerprint density at radius 2 is 1.91 bits per heavy atom. The van der Waals surface area contributed by atoms with Crippen LogP contribution in [0.4, 0.5) is 4.39 Å². The molecule has 0 saturated heterocycles. The number of aliphatic hydroxyl groups excluding tert-OH is 1. The standard InChI is InChI=1S/C21H33FO/c1-13(23)17-6-7-18-16-5-4-14-12-15(22)8-10-20(14,2)19(16)9-11-21(17,18)3/h4,13,15-19,23H,5-12H2,1-3H3/t13-,15-,16?,17+,18?,19?,20-,21+/m0/s1. The normalized spacial score (nSPS) is 53.8. The van der Waals surface area contributed by atoms with Gasteiger partial charge in [-0.05, 0) is 86.4 Å². The molecule has 0 amide bonds. The predicted octanol–water partition coefficient (Wildman–Crippen LogP) is 5.28. The lowest BCUT2D eigenvalue weighted by Gasteiger charge is -2.58. The third-order valence-electron chi connectivity index (χ3n) is 8.70. The summed E-state index contributed by atoms with van der Waals surface area (Å²) in [4.78, 5) is 0. The highest BCUT2D eigenvalue weighted by atomic mass is 19.1. The zero-order chi connectivity index (χ0) is 16.4. The minimum atomic E-state index is -0.606. The number of aliphatic hydroxyl groups is 1. The molecular formula is C21H33FO. The van der Waals surface area contributed by atoms with Gasteiger partial charge in [-0.2, -0.15) is 0 Å². The zero-order valence-electron chi connectivity index (χ0n) is 15.0. The van der Waals surface area contributed by atoms with Crippen LogP contribution < -0.4 is 0 Å². The van der Waals surface area contributed by atoms with Crippen molar-refractivity contribution in [3.8, 4) is 0 Å². The fourth-order valence-corrected chi connectivity index (χ4v) is 7.45. The first-order chi connectivity index (χ1) is 10.9. The first-order valence-electron chi connectivity index (χ1n) is 9.88. The van der Waals surface area contributed by atoms with Crippen molar-refractivity contribution in [3.05, 3.63) is 11.6 Å². The van der Waals surface area contributed by atoms with Gasteiger partial charge in [0.1, 0.15) is 6.17 Å². The Morgan fingerprint density at radius 1 is 1.13 bits per heavy atom. The van der Waals surface area contributed by atoms with Crippen molar-refractivity contribution >= 4 is 0 Å². The summed E-state index contributed by atoms with van der Waals surface area (Å²) in [6.07, 6.45) is 10.3. The molecule has 130 valence electrons. The molecule has 0 radical (unpaired) electrons. The lowest BCUT2D eigenvalue weighted by atomic mass is 9.47. The topological polar surface area (TPSA) is 20.2 Å². The van der Waals surface area contributed by atoms with Crippen LogP contribution in [0.1, 0.15) is 72.1 Å². The Kier molecular flexibility index (Phi) is 3.72. The van der Waals surface area contributed by atoms with Crippen molar-refractivity contribution in [3.63, 3.8) is 0 Å². The molecule has 0 aliphatic heterocycles. The Balaban J connectivity index is 1.65. The van der Waals surface area contributed by atoms with Crippen molar-refractivity contribution in [1.82, 2.24) is 0 Å². The summed E-state index contributed by atoms with van der Waals surface area (Å²) >= 11 is 0. The van der Waals surface area contributed by atoms with Crippen molar-refractivity contribution in [1.29, 1.82) is 0 Å². The summed E-state index contributed by atoms with van der Waals surface area (Å²) in [5.74, 6) is 2.76. The minimum Gasteiger partial charge on any atom is -0.393 e. The summed E-state index contributed by atoms with van der Waals surface area (Å²) in [6, 6.07) is 0. The molecule has 2 heteroatoms. The molecule has 4 aliphatic rings. The van der Waals surface area contributed by atoms with E-state index >= 15 is 0 Å². The molecular weight excluding hydrogens is 287 g/mol. The van der Waals surface area contributed by atoms with E-state index in [0.717, 1.165) is 37.0 Å². The number of halogens is 1. The maximum atomic E-state index is 13.9. The second-order valence-corrected chi connectivity index (χ2v) is 9.57. The summed E-state index contributed by atoms with van der Waals surface area (Å²) in [6.45, 7) is 6.89. The fraction of sp³-hybridized carbons (Fsp3) is 0.905. The van der Waals surface area contributed by atoms with Crippen molar-refractivity contribution in [2.75, 3.05) is 0 Å². The maximum Gasteiger partial charge on any atom is 0.104 e. The second kappa shape index (κ2) is 5.31. The summed E-state index contributed by atoms with van der Waals surface area (Å²) in [5, 5.41) is 10.3. The van der Waals surface area contributed by atoms with E-state index < -0.39 is 6.17 Å². The maximum absolute atomic E-state index is 13.9. The zero-order valence-corrected chi connectivity index (χ0v) is 15.0. The molecule has 0 heterocycles. The van der Waals surface area contributed by atoms with Crippen LogP contribution in [0, 0.1) is 34.5 Å². The SMILES string of the molecule is C[C@H](O)[C@H]1CCC2C3CC=C4C[C@@H](F)CC[C@]4(C)C3CC[C@@]21C. The third kappa shape index (κ3) is 2.19. The van der Waals surface area contributed by atoms with E-state index in [4.69, 9.17) is 0 Å². The number of fused-ring (bicyclic) bond motifs is 5. The van der Waals surface area contributed by atoms with E-state index in [1.807, 2.05) is 6.92 Å². The van der Waals surface area contributed by atoms with Gasteiger partial charge in [0.05, 0.1) is 6.10 Å². The van der Waals surface area contributed by atoms with Gasteiger partial charge in [0.25, 0.3) is 0 Å². The van der Waals surface area contributed by atoms with E-state index in [9.17, 15) is 9.50 Å². The van der Waals surface area contributed by atoms with E-state index in [1.54, 1.807) is 0 Å². The first-order valence-corrected chi connectivity index (χ1v) is 9.88. The number of rotatable bonds is 1. The Labute approximate surface area is 140 Å². The molecule has 0 spiro atoms. The highest BCUT2D eigenvalue weighted by Crippen LogP contribution is 2.66. The van der Waals surface area contributed by atoms with Crippen LogP contribution >= 0.6 is 0 Å². The quantitative estimate of drug-likeness (QED) is 0.651. The first kappa shape index (κ1) is 16.1. The average molecular weight is 320 g/mol. The average Bonchev–Trinajstić information content (AvgIpc) is 2.85. The van der Waals surface area contributed by atoms with Gasteiger partial charge in [-0.3, -0.25) is 0 Å². The highest BCUT2D eigenvalue weighted by Gasteiger charge is 2.59. The molecule has 1 N–H and O–H groups in total. The largest absolute Gasteiger partial charge is 0.393 e. The molecule has 3 saturated carbocycles. The van der Waals surface area contributed by atoms with Crippen molar-refractivity contribution in [2.45, 2.75) is 84.4 Å². The summed E-state index contributed by atoms with van der Waals surface area (Å²) in [7, 11) is 0. The predicted molar refractivity (Wildman–Crippen MR) is 91.8 cm³/mol. The van der Waals surface area contributed by atoms with Crippen LogP contribution in [0.15, 0.2) is 11.6 Å². The molecule has 8 atom stereocenters. The van der Waals surface area contributed by atoms with E-state index in [2.05, 4.69) is 19.9 Å². The number of allylic oxidation sites excluding steroid dienone is 2. The molecule has 4 aliphatic carbocycles. The Bertz CT molecular complexity index is 512. The summed E-state index contributed by atoms with van der Waals surface area (Å²) in [5.41, 5.74) is 2.02. The smallest absolute Gasteiger partial charge is 0.104 e. The van der Waals surface area contributed by atoms with Crippen LogP contribution in [-0.2, 0) is 0 Å². The molecule has 0 aromatic carbocycles. The van der Waals surface area contributed by atoms with E-state index in [1.165, 1.54) is 31.3 Å². The Hall–Kier alpha value is -0.370. The van der Waals surface area contributed by atoms with Gasteiger partial charge in [0, 0.05) is 6.42 Å². The third-order valence-corrected chi connectivity index (χ3v) is 8.70. The molecule has 0 bridgehead atoms. The molecule has 1 nitrogen and oxygen atoms in total. The number of hydrogen-bond donors (Lipinski definition) is 1.